The number of nitrogens with zero attached hydrogens (tertiary/aromatic N) is 1. The molecule has 19 heavy (non-hydrogen) atoms. The van der Waals surface area contributed by atoms with Crippen molar-refractivity contribution < 1.29 is 19.6 Å². The van der Waals surface area contributed by atoms with Crippen LogP contribution in [0.5, 0.6) is 0 Å². The van der Waals surface area contributed by atoms with Gasteiger partial charge in [-0.25, -0.2) is 4.79 Å². The van der Waals surface area contributed by atoms with Gasteiger partial charge >= 0.3 is 11.0 Å². The van der Waals surface area contributed by atoms with Crippen molar-refractivity contribution in [2.45, 2.75) is 19.4 Å². The van der Waals surface area contributed by atoms with Crippen LogP contribution in [0.2, 0.25) is 0 Å². The van der Waals surface area contributed by atoms with Gasteiger partial charge < -0.3 is 10.4 Å². The van der Waals surface area contributed by atoms with Crippen LogP contribution in [0, 0.1) is 10.1 Å². The predicted octanol–water partition coefficient (Wildman–Crippen LogP) is 1.65. The Morgan fingerprint density at radius 1 is 1.58 bits per heavy atom. The molecular weight excluding hydrogens is 272 g/mol. The molecule has 1 aromatic rings. The molecule has 0 bridgehead atoms. The number of hydrogen-bond acceptors (Lipinski definition) is 5. The van der Waals surface area contributed by atoms with E-state index in [1.807, 2.05) is 0 Å². The van der Waals surface area contributed by atoms with Crippen molar-refractivity contribution in [2.24, 2.45) is 0 Å². The SMILES string of the molecule is CCC(NC(=O)/C=C/c1ccc([N+](=O)[O-])s1)C(=O)O. The van der Waals surface area contributed by atoms with Crippen LogP contribution in [-0.2, 0) is 9.59 Å². The molecule has 0 aromatic carbocycles. The number of carbonyl (C=O) groups is 2. The zero-order valence-corrected chi connectivity index (χ0v) is 10.8. The summed E-state index contributed by atoms with van der Waals surface area (Å²) >= 11 is 0.932. The molecule has 0 fully saturated rings. The van der Waals surface area contributed by atoms with Gasteiger partial charge in [0, 0.05) is 17.0 Å². The largest absolute Gasteiger partial charge is 0.480 e. The van der Waals surface area contributed by atoms with Crippen LogP contribution >= 0.6 is 11.3 Å². The molecule has 0 aliphatic heterocycles. The molecule has 1 unspecified atom stereocenters. The molecular formula is C11H12N2O5S. The fourth-order valence-electron chi connectivity index (χ4n) is 1.25. The quantitative estimate of drug-likeness (QED) is 0.469. The van der Waals surface area contributed by atoms with E-state index in [4.69, 9.17) is 5.11 Å². The normalized spacial score (nSPS) is 12.3. The number of amides is 1. The van der Waals surface area contributed by atoms with Crippen molar-refractivity contribution in [3.8, 4) is 0 Å². The van der Waals surface area contributed by atoms with E-state index in [9.17, 15) is 19.7 Å². The van der Waals surface area contributed by atoms with Crippen molar-refractivity contribution in [3.63, 3.8) is 0 Å². The van der Waals surface area contributed by atoms with Crippen molar-refractivity contribution in [1.29, 1.82) is 0 Å². The summed E-state index contributed by atoms with van der Waals surface area (Å²) in [5.41, 5.74) is 0. The zero-order valence-electron chi connectivity index (χ0n) is 10.0. The van der Waals surface area contributed by atoms with Gasteiger partial charge in [0.15, 0.2) is 0 Å². The second kappa shape index (κ2) is 6.64. The van der Waals surface area contributed by atoms with Gasteiger partial charge in [-0.15, -0.1) is 0 Å². The molecule has 8 heteroatoms. The number of aliphatic carboxylic acids is 1. The van der Waals surface area contributed by atoms with E-state index in [1.54, 1.807) is 6.92 Å². The number of nitro groups is 1. The van der Waals surface area contributed by atoms with Gasteiger partial charge in [0.1, 0.15) is 6.04 Å². The van der Waals surface area contributed by atoms with E-state index in [0.29, 0.717) is 4.88 Å². The third-order valence-corrected chi connectivity index (χ3v) is 3.22. The molecule has 0 saturated carbocycles. The monoisotopic (exact) mass is 284 g/mol. The summed E-state index contributed by atoms with van der Waals surface area (Å²) in [4.78, 5) is 32.6. The highest BCUT2D eigenvalue weighted by Gasteiger charge is 2.16. The Balaban J connectivity index is 2.62. The average molecular weight is 284 g/mol. The molecule has 1 heterocycles. The van der Waals surface area contributed by atoms with Crippen LogP contribution in [0.15, 0.2) is 18.2 Å². The molecule has 1 amide bonds. The fraction of sp³-hybridized carbons (Fsp3) is 0.273. The van der Waals surface area contributed by atoms with Crippen molar-refractivity contribution in [3.05, 3.63) is 33.2 Å². The highest BCUT2D eigenvalue weighted by atomic mass is 32.1. The third-order valence-electron chi connectivity index (χ3n) is 2.21. The Morgan fingerprint density at radius 2 is 2.26 bits per heavy atom. The number of hydrogen-bond donors (Lipinski definition) is 2. The minimum Gasteiger partial charge on any atom is -0.480 e. The van der Waals surface area contributed by atoms with E-state index >= 15 is 0 Å². The summed E-state index contributed by atoms with van der Waals surface area (Å²) in [6, 6.07) is 1.92. The molecule has 2 N–H and O–H groups in total. The Morgan fingerprint density at radius 3 is 2.74 bits per heavy atom. The number of thiophene rings is 1. The summed E-state index contributed by atoms with van der Waals surface area (Å²) in [5, 5.41) is 21.5. The summed E-state index contributed by atoms with van der Waals surface area (Å²) in [7, 11) is 0. The molecule has 7 nitrogen and oxygen atoms in total. The third kappa shape index (κ3) is 4.51. The first kappa shape index (κ1) is 14.8. The lowest BCUT2D eigenvalue weighted by atomic mass is 10.2. The minimum absolute atomic E-state index is 0.0166. The molecule has 102 valence electrons. The van der Waals surface area contributed by atoms with Gasteiger partial charge in [-0.3, -0.25) is 14.9 Å². The van der Waals surface area contributed by atoms with Crippen LogP contribution in [0.25, 0.3) is 6.08 Å². The minimum atomic E-state index is -1.10. The van der Waals surface area contributed by atoms with E-state index in [0.717, 1.165) is 17.4 Å². The highest BCUT2D eigenvalue weighted by molar-refractivity contribution is 7.16. The Bertz CT molecular complexity index is 523. The Hall–Kier alpha value is -2.22. The molecule has 0 spiro atoms. The average Bonchev–Trinajstić information content (AvgIpc) is 2.82. The number of carbonyl (C=O) groups excluding carboxylic acids is 1. The number of carboxylic acids is 1. The molecule has 1 aromatic heterocycles. The maximum Gasteiger partial charge on any atom is 0.326 e. The van der Waals surface area contributed by atoms with Crippen molar-refractivity contribution in [1.82, 2.24) is 5.32 Å². The summed E-state index contributed by atoms with van der Waals surface area (Å²) in [5.74, 6) is -1.65. The molecule has 1 rings (SSSR count). The molecule has 0 aliphatic rings. The predicted molar refractivity (Wildman–Crippen MR) is 69.9 cm³/mol. The lowest BCUT2D eigenvalue weighted by Crippen LogP contribution is -2.39. The van der Waals surface area contributed by atoms with Gasteiger partial charge in [-0.1, -0.05) is 18.3 Å². The summed E-state index contributed by atoms with van der Waals surface area (Å²) < 4.78 is 0. The number of nitrogens with one attached hydrogen (secondary N) is 1. The molecule has 1 atom stereocenters. The van der Waals surface area contributed by atoms with Crippen LogP contribution in [0.4, 0.5) is 5.00 Å². The van der Waals surface area contributed by atoms with Gasteiger partial charge in [0.2, 0.25) is 5.91 Å². The highest BCUT2D eigenvalue weighted by Crippen LogP contribution is 2.24. The second-order valence-corrected chi connectivity index (χ2v) is 4.67. The number of carboxylic acid groups (broad SMARTS) is 1. The standard InChI is InChI=1S/C11H12N2O5S/c1-2-8(11(15)16)12-9(14)5-3-7-4-6-10(19-7)13(17)18/h3-6,8H,2H2,1H3,(H,12,14)(H,15,16)/b5-3+. The lowest BCUT2D eigenvalue weighted by Gasteiger charge is -2.09. The van der Waals surface area contributed by atoms with Crippen LogP contribution in [0.1, 0.15) is 18.2 Å². The van der Waals surface area contributed by atoms with E-state index in [-0.39, 0.29) is 11.4 Å². The second-order valence-electron chi connectivity index (χ2n) is 3.57. The van der Waals surface area contributed by atoms with Crippen LogP contribution in [-0.4, -0.2) is 27.9 Å². The van der Waals surface area contributed by atoms with Crippen LogP contribution < -0.4 is 5.32 Å². The topological polar surface area (TPSA) is 110 Å². The maximum atomic E-state index is 11.4. The first-order valence-electron chi connectivity index (χ1n) is 5.39. The van der Waals surface area contributed by atoms with E-state index < -0.39 is 22.8 Å². The summed E-state index contributed by atoms with van der Waals surface area (Å²) in [6.45, 7) is 1.64. The lowest BCUT2D eigenvalue weighted by molar-refractivity contribution is -0.380. The van der Waals surface area contributed by atoms with Gasteiger partial charge in [-0.05, 0) is 18.6 Å². The van der Waals surface area contributed by atoms with E-state index in [1.165, 1.54) is 18.2 Å². The Kier molecular flexibility index (Phi) is 5.19. The zero-order chi connectivity index (χ0) is 14.4. The molecule has 0 radical (unpaired) electrons. The van der Waals surface area contributed by atoms with Crippen molar-refractivity contribution >= 4 is 34.3 Å². The first-order valence-corrected chi connectivity index (χ1v) is 6.21. The van der Waals surface area contributed by atoms with Gasteiger partial charge in [0.25, 0.3) is 0 Å². The van der Waals surface area contributed by atoms with Gasteiger partial charge in [-0.2, -0.15) is 0 Å². The first-order chi connectivity index (χ1) is 8.93. The molecule has 0 aliphatic carbocycles. The van der Waals surface area contributed by atoms with Gasteiger partial charge in [0.05, 0.1) is 4.92 Å². The summed E-state index contributed by atoms with van der Waals surface area (Å²) in [6.07, 6.45) is 2.84. The van der Waals surface area contributed by atoms with Crippen LogP contribution in [0.3, 0.4) is 0 Å². The number of rotatable bonds is 6. The van der Waals surface area contributed by atoms with E-state index in [2.05, 4.69) is 5.32 Å². The Labute approximate surface area is 112 Å². The maximum absolute atomic E-state index is 11.4. The fourth-order valence-corrected chi connectivity index (χ4v) is 1.97. The van der Waals surface area contributed by atoms with Crippen molar-refractivity contribution in [2.75, 3.05) is 0 Å². The molecule has 0 saturated heterocycles. The smallest absolute Gasteiger partial charge is 0.326 e.